The molecule has 0 aliphatic carbocycles. The normalized spacial score (nSPS) is 13.2. The molecule has 1 aliphatic rings. The molecule has 1 aliphatic heterocycles. The fourth-order valence-corrected chi connectivity index (χ4v) is 10.1. The monoisotopic (exact) mass is 1380 g/mol. The highest BCUT2D eigenvalue weighted by Gasteiger charge is 2.32. The number of ketones is 2. The van der Waals surface area contributed by atoms with Gasteiger partial charge in [-0.15, -0.1) is 0 Å². The summed E-state index contributed by atoms with van der Waals surface area (Å²) in [6, 6.07) is 2.02. The maximum Gasteiger partial charge on any atom is 0.416 e. The molecule has 0 saturated carbocycles. The van der Waals surface area contributed by atoms with Crippen LogP contribution in [0.4, 0.5) is 13.2 Å². The number of imidazole rings is 1. The van der Waals surface area contributed by atoms with Gasteiger partial charge in [-0.1, -0.05) is 102 Å². The number of piperidine rings is 1. The van der Waals surface area contributed by atoms with E-state index in [-0.39, 0.29) is 79.3 Å². The van der Waals surface area contributed by atoms with Gasteiger partial charge in [0, 0.05) is 90.2 Å². The number of nitrogens with zero attached hydrogens (tertiary/aromatic N) is 2. The molecule has 0 unspecified atom stereocenters. The Balaban J connectivity index is 0.000000757. The second kappa shape index (κ2) is 56.0. The van der Waals surface area contributed by atoms with Crippen LogP contribution in [0.15, 0.2) is 36.8 Å². The number of unbranched alkanes of at least 4 members (excludes halogenated alkanes) is 14. The molecule has 2 aromatic rings. The Bertz CT molecular complexity index is 2520. The van der Waals surface area contributed by atoms with Crippen molar-refractivity contribution in [1.82, 2.24) is 46.8 Å². The topological polar surface area (TPSA) is 378 Å². The summed E-state index contributed by atoms with van der Waals surface area (Å²) in [5.74, 6) is -3.65. The average Bonchev–Trinajstić information content (AvgIpc) is 1.46. The molecule has 1 saturated heterocycles. The van der Waals surface area contributed by atoms with Crippen molar-refractivity contribution >= 4 is 58.9 Å². The third-order valence-electron chi connectivity index (χ3n) is 15.7. The van der Waals surface area contributed by atoms with Crippen molar-refractivity contribution in [1.29, 1.82) is 0 Å². The number of Topliss-reactive ketones (excluding diaryl/α,β-unsaturated/α-hetero) is 2. The molecule has 11 N–H and O–H groups in total. The van der Waals surface area contributed by atoms with E-state index >= 15 is 0 Å². The molecular formula is C68H113F3N10O16. The third kappa shape index (κ3) is 48.4. The minimum Gasteiger partial charge on any atom is -0.481 e. The number of H-pyrrole nitrogens is 1. The molecule has 1 aromatic carbocycles. The number of nitrogens with one attached hydrogen (secondary N) is 7. The molecule has 1 aromatic heterocycles. The molecule has 1 fully saturated rings. The number of aryl methyl sites for hydroxylation is 1. The van der Waals surface area contributed by atoms with Gasteiger partial charge in [0.05, 0.1) is 76.7 Å². The van der Waals surface area contributed by atoms with Crippen molar-refractivity contribution in [3.8, 4) is 0 Å². The van der Waals surface area contributed by atoms with Crippen molar-refractivity contribution in [2.45, 2.75) is 213 Å². The first-order valence-corrected chi connectivity index (χ1v) is 34.5. The fraction of sp³-hybridized carbons (Fsp3) is 0.721. The fourth-order valence-electron chi connectivity index (χ4n) is 10.1. The number of primary amides is 1. The zero-order chi connectivity index (χ0) is 71.9. The maximum absolute atomic E-state index is 13.2. The van der Waals surface area contributed by atoms with E-state index in [1.54, 1.807) is 13.1 Å². The summed E-state index contributed by atoms with van der Waals surface area (Å²) in [7, 11) is 0. The van der Waals surface area contributed by atoms with Crippen LogP contribution in [0.1, 0.15) is 192 Å². The van der Waals surface area contributed by atoms with Gasteiger partial charge in [0.1, 0.15) is 18.4 Å². The number of ether oxygens (including phenoxy) is 4. The molecule has 26 nitrogen and oxygen atoms in total. The van der Waals surface area contributed by atoms with E-state index in [1.807, 2.05) is 11.8 Å². The Morgan fingerprint density at radius 2 is 1.22 bits per heavy atom. The van der Waals surface area contributed by atoms with Crippen molar-refractivity contribution in [2.24, 2.45) is 11.7 Å². The third-order valence-corrected chi connectivity index (χ3v) is 15.7. The number of rotatable bonds is 54. The van der Waals surface area contributed by atoms with E-state index in [1.165, 1.54) is 90.1 Å². The summed E-state index contributed by atoms with van der Waals surface area (Å²) in [4.78, 5) is 125. The van der Waals surface area contributed by atoms with E-state index in [4.69, 9.17) is 34.9 Å². The molecule has 0 radical (unpaired) electrons. The first kappa shape index (κ1) is 88.1. The summed E-state index contributed by atoms with van der Waals surface area (Å²) < 4.78 is 60.3. The lowest BCUT2D eigenvalue weighted by Crippen LogP contribution is -2.49. The van der Waals surface area contributed by atoms with Crippen molar-refractivity contribution in [3.05, 3.63) is 53.6 Å². The van der Waals surface area contributed by atoms with Gasteiger partial charge in [-0.05, 0) is 82.8 Å². The van der Waals surface area contributed by atoms with Gasteiger partial charge in [0.25, 0.3) is 0 Å². The Morgan fingerprint density at radius 3 is 1.75 bits per heavy atom. The predicted octanol–water partition coefficient (Wildman–Crippen LogP) is 6.31. The number of carboxylic acid groups (broad SMARTS) is 2. The van der Waals surface area contributed by atoms with Gasteiger partial charge in [0.2, 0.25) is 35.4 Å². The zero-order valence-electron chi connectivity index (χ0n) is 57.8. The summed E-state index contributed by atoms with van der Waals surface area (Å²) in [6.45, 7) is 11.9. The lowest BCUT2D eigenvalue weighted by molar-refractivity contribution is -0.143. The Morgan fingerprint density at radius 1 is 0.660 bits per heavy atom. The standard InChI is InChI=1S/C28H50N2O6.C26H35F3N6O4.C14H28N2O6/c1-2-24(28(35)36)29-27(34)23-19-21-30(22-20-23)25(31)17-15-13-11-9-7-5-3-4-6-8-10-12-14-16-18-26(32)33;1-17(36)32-10-3-2-7-22(25(30)39)34-15-24(38)23(12-18-5-4-6-19(11-18)26(27,28)29)33-14-21(37)9-8-20-13-31-16-35-20;1-3-19-8-9-21-7-5-16-14(18)12-22-11-10-20-6-4-15-13(2)17/h23-24H,2-22H2,1H3,(H,29,34)(H,32,33)(H,35,36);4-6,11,13,16,22-23,33-34H,2-3,7-10,12,14-15H2,1H3,(H2,30,39)(H,31,35)(H,32,36);3-12H2,1-2H3,(H,15,17)(H,16,18)/t24-;22-,23-;/m10./s1. The van der Waals surface area contributed by atoms with E-state index < -0.39 is 53.5 Å². The number of nitrogens with two attached hydrogens (primary N) is 1. The highest BCUT2D eigenvalue weighted by Crippen LogP contribution is 2.30. The van der Waals surface area contributed by atoms with Gasteiger partial charge in [-0.2, -0.15) is 13.2 Å². The van der Waals surface area contributed by atoms with Crippen LogP contribution in [0.25, 0.3) is 0 Å². The quantitative estimate of drug-likeness (QED) is 0.0324. The largest absolute Gasteiger partial charge is 0.481 e. The van der Waals surface area contributed by atoms with Crippen LogP contribution in [0.3, 0.4) is 0 Å². The minimum atomic E-state index is -4.54. The number of carboxylic acids is 2. The number of benzene rings is 1. The van der Waals surface area contributed by atoms with Crippen LogP contribution in [0, 0.1) is 5.92 Å². The first-order chi connectivity index (χ1) is 46.5. The van der Waals surface area contributed by atoms with Crippen LogP contribution >= 0.6 is 0 Å². The summed E-state index contributed by atoms with van der Waals surface area (Å²) in [6.07, 6.45) is 19.3. The Labute approximate surface area is 570 Å². The molecule has 552 valence electrons. The average molecular weight is 1380 g/mol. The van der Waals surface area contributed by atoms with Crippen LogP contribution in [0.5, 0.6) is 0 Å². The van der Waals surface area contributed by atoms with Crippen molar-refractivity contribution in [3.63, 3.8) is 0 Å². The smallest absolute Gasteiger partial charge is 0.416 e. The molecule has 3 rings (SSSR count). The summed E-state index contributed by atoms with van der Waals surface area (Å²) in [5, 5.41) is 34.0. The van der Waals surface area contributed by atoms with Crippen LogP contribution in [-0.2, 0) is 85.9 Å². The minimum absolute atomic E-state index is 0.00595. The number of aliphatic carboxylic acids is 2. The van der Waals surface area contributed by atoms with Gasteiger partial charge in [0.15, 0.2) is 5.78 Å². The van der Waals surface area contributed by atoms with Crippen molar-refractivity contribution in [2.75, 3.05) is 98.7 Å². The Kier molecular flexibility index (Phi) is 50.9. The first-order valence-electron chi connectivity index (χ1n) is 34.5. The Hall–Kier alpha value is -6.92. The number of aromatic nitrogens is 2. The molecular weight excluding hydrogens is 1270 g/mol. The van der Waals surface area contributed by atoms with E-state index in [9.17, 15) is 61.1 Å². The van der Waals surface area contributed by atoms with E-state index in [0.717, 1.165) is 49.9 Å². The molecule has 6 amide bonds. The number of hydrogen-bond acceptors (Lipinski definition) is 17. The highest BCUT2D eigenvalue weighted by atomic mass is 19.4. The van der Waals surface area contributed by atoms with Crippen LogP contribution in [0.2, 0.25) is 0 Å². The lowest BCUT2D eigenvalue weighted by Gasteiger charge is -2.32. The second-order valence-electron chi connectivity index (χ2n) is 23.8. The molecule has 0 bridgehead atoms. The molecule has 3 atom stereocenters. The van der Waals surface area contributed by atoms with Gasteiger partial charge in [-0.25, -0.2) is 9.78 Å². The van der Waals surface area contributed by atoms with Gasteiger partial charge < -0.3 is 71.4 Å². The van der Waals surface area contributed by atoms with E-state index in [0.29, 0.717) is 137 Å². The summed E-state index contributed by atoms with van der Waals surface area (Å²) >= 11 is 0. The maximum atomic E-state index is 13.2. The lowest BCUT2D eigenvalue weighted by atomic mass is 9.95. The number of aromatic amines is 1. The molecule has 97 heavy (non-hydrogen) atoms. The predicted molar refractivity (Wildman–Crippen MR) is 359 cm³/mol. The van der Waals surface area contributed by atoms with Gasteiger partial charge >= 0.3 is 18.1 Å². The number of carbonyl (C=O) groups is 10. The number of likely N-dealkylation sites (tertiary alicyclic amines) is 1. The molecule has 2 heterocycles. The molecule has 0 spiro atoms. The number of halogens is 3. The number of alkyl halides is 3. The zero-order valence-corrected chi connectivity index (χ0v) is 57.8. The SMILES string of the molecule is CC(=O)NCCCC[C@H](NCC(=O)[C@H](Cc1cccc(C(F)(F)F)c1)NCC(=O)CCc1cnc[nH]1)C(N)=O.CCOCCOCCNC(=O)COCCOCCNC(C)=O.CC[C@@H](NC(=O)C1CCN(C(=O)CCCCCCCCCCCCCCCCC(=O)O)CC1)C(=O)O. The van der Waals surface area contributed by atoms with Crippen LogP contribution < -0.4 is 37.6 Å². The number of amides is 6. The second-order valence-corrected chi connectivity index (χ2v) is 23.8. The number of carbonyl (C=O) groups excluding carboxylic acids is 8. The van der Waals surface area contributed by atoms with Crippen molar-refractivity contribution < 1.29 is 90.3 Å². The highest BCUT2D eigenvalue weighted by molar-refractivity contribution is 5.89. The van der Waals surface area contributed by atoms with Gasteiger partial charge in [-0.3, -0.25) is 48.5 Å². The molecule has 29 heteroatoms. The van der Waals surface area contributed by atoms with Crippen LogP contribution in [-0.4, -0.2) is 201 Å². The summed E-state index contributed by atoms with van der Waals surface area (Å²) in [5.41, 5.74) is 5.66. The number of hydrogen-bond donors (Lipinski definition) is 10. The van der Waals surface area contributed by atoms with E-state index in [2.05, 4.69) is 41.9 Å².